The largest absolute Gasteiger partial charge is 0.470 e. The highest BCUT2D eigenvalue weighted by atomic mass is 31.2. The third-order valence-corrected chi connectivity index (χ3v) is 8.10. The Morgan fingerprint density at radius 3 is 2.79 bits per heavy atom. The molecule has 8 nitrogen and oxygen atoms in total. The summed E-state index contributed by atoms with van der Waals surface area (Å²) in [7, 11) is -4.75. The van der Waals surface area contributed by atoms with E-state index in [9.17, 15) is 19.3 Å². The maximum Gasteiger partial charge on any atom is 0.470 e. The van der Waals surface area contributed by atoms with Gasteiger partial charge in [0.25, 0.3) is 0 Å². The predicted octanol–water partition coefficient (Wildman–Crippen LogP) is 1.55. The van der Waals surface area contributed by atoms with Crippen LogP contribution >= 0.6 is 7.82 Å². The van der Waals surface area contributed by atoms with E-state index in [4.69, 9.17) is 14.5 Å². The predicted molar refractivity (Wildman–Crippen MR) is 102 cm³/mol. The zero-order chi connectivity index (χ0) is 21.2. The van der Waals surface area contributed by atoms with Crippen LogP contribution in [0.2, 0.25) is 0 Å². The van der Waals surface area contributed by atoms with Gasteiger partial charge < -0.3 is 19.6 Å². The van der Waals surface area contributed by atoms with Crippen molar-refractivity contribution in [3.8, 4) is 0 Å². The van der Waals surface area contributed by atoms with Crippen LogP contribution in [-0.2, 0) is 23.4 Å². The number of phosphoric acid groups is 1. The Bertz CT molecular complexity index is 843. The quantitative estimate of drug-likeness (QED) is 0.577. The number of carbonyl (C=O) groups is 2. The molecule has 4 aliphatic rings. The molecule has 5 unspecified atom stereocenters. The van der Waals surface area contributed by atoms with Gasteiger partial charge in [-0.05, 0) is 43.3 Å². The van der Waals surface area contributed by atoms with Crippen molar-refractivity contribution >= 4 is 19.4 Å². The van der Waals surface area contributed by atoms with E-state index < -0.39 is 43.3 Å². The van der Waals surface area contributed by atoms with Gasteiger partial charge in [-0.3, -0.25) is 14.1 Å². The van der Waals surface area contributed by atoms with Crippen LogP contribution in [0.15, 0.2) is 23.8 Å². The minimum atomic E-state index is -4.75. The molecule has 0 bridgehead atoms. The number of hydrogen-bond donors (Lipinski definition) is 3. The van der Waals surface area contributed by atoms with Gasteiger partial charge in [0.1, 0.15) is 12.7 Å². The average molecular weight is 426 g/mol. The molecule has 1 aliphatic heterocycles. The van der Waals surface area contributed by atoms with Gasteiger partial charge in [-0.15, -0.1) is 0 Å². The highest BCUT2D eigenvalue weighted by molar-refractivity contribution is 7.46. The van der Waals surface area contributed by atoms with E-state index >= 15 is 0 Å². The summed E-state index contributed by atoms with van der Waals surface area (Å²) in [5.74, 6) is -0.469. The van der Waals surface area contributed by atoms with E-state index in [1.54, 1.807) is 12.2 Å². The van der Waals surface area contributed by atoms with E-state index in [0.717, 1.165) is 18.4 Å². The van der Waals surface area contributed by atoms with Crippen LogP contribution in [0, 0.1) is 28.6 Å². The fourth-order valence-corrected chi connectivity index (χ4v) is 6.69. The van der Waals surface area contributed by atoms with Crippen molar-refractivity contribution in [2.75, 3.05) is 13.2 Å². The van der Waals surface area contributed by atoms with Crippen molar-refractivity contribution in [2.24, 2.45) is 28.6 Å². The molecule has 29 heavy (non-hydrogen) atoms. The summed E-state index contributed by atoms with van der Waals surface area (Å²) < 4.78 is 21.2. The molecule has 1 saturated heterocycles. The molecular formula is C20H27O8P. The van der Waals surface area contributed by atoms with Crippen molar-refractivity contribution in [3.05, 3.63) is 23.8 Å². The summed E-state index contributed by atoms with van der Waals surface area (Å²) in [5.41, 5.74) is 0.0146. The number of aliphatic hydroxyl groups excluding tert-OH is 1. The van der Waals surface area contributed by atoms with Crippen molar-refractivity contribution in [1.82, 2.24) is 0 Å². The highest BCUT2D eigenvalue weighted by Crippen LogP contribution is 2.63. The Kier molecular flexibility index (Phi) is 5.05. The number of hydrogen-bond acceptors (Lipinski definition) is 6. The molecule has 0 spiro atoms. The molecule has 7 atom stereocenters. The highest BCUT2D eigenvalue weighted by Gasteiger charge is 2.63. The lowest BCUT2D eigenvalue weighted by Gasteiger charge is -2.57. The second-order valence-corrected chi connectivity index (χ2v) is 10.5. The maximum absolute atomic E-state index is 12.6. The second kappa shape index (κ2) is 6.94. The van der Waals surface area contributed by atoms with Gasteiger partial charge in [0.15, 0.2) is 11.6 Å². The van der Waals surface area contributed by atoms with Crippen LogP contribution in [0.4, 0.5) is 0 Å². The van der Waals surface area contributed by atoms with E-state index in [0.29, 0.717) is 13.0 Å². The first-order valence-corrected chi connectivity index (χ1v) is 11.5. The van der Waals surface area contributed by atoms with Crippen LogP contribution in [0.5, 0.6) is 0 Å². The van der Waals surface area contributed by atoms with Gasteiger partial charge in [0.05, 0.1) is 12.7 Å². The lowest BCUT2D eigenvalue weighted by atomic mass is 9.47. The Morgan fingerprint density at radius 1 is 1.38 bits per heavy atom. The lowest BCUT2D eigenvalue weighted by Crippen LogP contribution is -2.57. The number of ketones is 2. The molecule has 3 N–H and O–H groups in total. The molecule has 9 heteroatoms. The van der Waals surface area contributed by atoms with Crippen LogP contribution in [0.25, 0.3) is 0 Å². The van der Waals surface area contributed by atoms with Crippen molar-refractivity contribution in [2.45, 2.75) is 45.3 Å². The summed E-state index contributed by atoms with van der Waals surface area (Å²) >= 11 is 0. The number of ether oxygens (including phenoxy) is 1. The number of Topliss-reactive ketones (excluding diaryl/α,β-unsaturated/α-hetero) is 1. The molecule has 2 saturated carbocycles. The number of carbonyl (C=O) groups excluding carboxylic acids is 2. The monoisotopic (exact) mass is 426 g/mol. The molecule has 160 valence electrons. The second-order valence-electron chi connectivity index (χ2n) is 9.24. The standard InChI is InChI=1S/C20H27O8P/c1-19-6-5-12(21)7-11(19)3-4-13-14-9-27-18(16(23)10-28-29(24,25)26)20(14,2)8-15(22)17(13)19/h5-7,13-15,17-18,22H,3-4,8-10H2,1-2H3,(H2,24,25,26)/t13?,14?,15?,17?,18-,19?,20+/m1/s1. The summed E-state index contributed by atoms with van der Waals surface area (Å²) in [6, 6.07) is 0. The van der Waals surface area contributed by atoms with Gasteiger partial charge in [-0.2, -0.15) is 0 Å². The third-order valence-electron chi connectivity index (χ3n) is 7.64. The smallest absolute Gasteiger partial charge is 0.393 e. The Hall–Kier alpha value is -1.15. The Balaban J connectivity index is 1.60. The Morgan fingerprint density at radius 2 is 2.10 bits per heavy atom. The average Bonchev–Trinajstić information content (AvgIpc) is 2.96. The molecule has 0 radical (unpaired) electrons. The van der Waals surface area contributed by atoms with Crippen molar-refractivity contribution in [1.29, 1.82) is 0 Å². The minimum Gasteiger partial charge on any atom is -0.393 e. The number of fused-ring (bicyclic) bond motifs is 5. The van der Waals surface area contributed by atoms with E-state index in [1.807, 2.05) is 13.0 Å². The van der Waals surface area contributed by atoms with Gasteiger partial charge >= 0.3 is 7.82 Å². The van der Waals surface area contributed by atoms with E-state index in [1.165, 1.54) is 0 Å². The van der Waals surface area contributed by atoms with E-state index in [-0.39, 0.29) is 23.5 Å². The van der Waals surface area contributed by atoms with Gasteiger partial charge in [-0.25, -0.2) is 4.57 Å². The zero-order valence-corrected chi connectivity index (χ0v) is 17.4. The third kappa shape index (κ3) is 3.40. The van der Waals surface area contributed by atoms with Crippen LogP contribution in [0.1, 0.15) is 33.1 Å². The van der Waals surface area contributed by atoms with Crippen LogP contribution in [-0.4, -0.2) is 51.9 Å². The SMILES string of the molecule is CC12C=CC(=O)C=C1CCC1C2C(O)C[C@@]2(C)C1CO[C@@H]2C(=O)COP(=O)(O)O. The maximum atomic E-state index is 12.6. The number of aliphatic hydroxyl groups is 1. The minimum absolute atomic E-state index is 0.0222. The summed E-state index contributed by atoms with van der Waals surface area (Å²) in [6.07, 6.45) is 5.52. The first kappa shape index (κ1) is 21.1. The molecule has 0 amide bonds. The summed E-state index contributed by atoms with van der Waals surface area (Å²) in [6.45, 7) is 3.61. The first-order chi connectivity index (χ1) is 13.5. The topological polar surface area (TPSA) is 130 Å². The molecule has 0 aromatic carbocycles. The molecular weight excluding hydrogens is 399 g/mol. The summed E-state index contributed by atoms with van der Waals surface area (Å²) in [4.78, 5) is 42.2. The van der Waals surface area contributed by atoms with Gasteiger partial charge in [0.2, 0.25) is 0 Å². The Labute approximate surface area is 169 Å². The fourth-order valence-electron chi connectivity index (χ4n) is 6.40. The number of phosphoric ester groups is 1. The number of rotatable bonds is 4. The van der Waals surface area contributed by atoms with Crippen LogP contribution in [0.3, 0.4) is 0 Å². The lowest BCUT2D eigenvalue weighted by molar-refractivity contribution is -0.142. The molecule has 0 aromatic rings. The number of allylic oxidation sites excluding steroid dienone is 4. The zero-order valence-electron chi connectivity index (χ0n) is 16.5. The normalized spacial score (nSPS) is 44.0. The molecule has 0 aromatic heterocycles. The molecule has 3 fully saturated rings. The molecule has 4 rings (SSSR count). The van der Waals surface area contributed by atoms with Crippen molar-refractivity contribution < 1.29 is 38.3 Å². The van der Waals surface area contributed by atoms with Gasteiger partial charge in [-0.1, -0.05) is 25.5 Å². The molecule has 1 heterocycles. The van der Waals surface area contributed by atoms with Crippen molar-refractivity contribution in [3.63, 3.8) is 0 Å². The first-order valence-electron chi connectivity index (χ1n) is 9.92. The fraction of sp³-hybridized carbons (Fsp3) is 0.700. The van der Waals surface area contributed by atoms with Crippen LogP contribution < -0.4 is 0 Å². The van der Waals surface area contributed by atoms with E-state index in [2.05, 4.69) is 11.4 Å². The molecule has 3 aliphatic carbocycles. The summed E-state index contributed by atoms with van der Waals surface area (Å²) in [5, 5.41) is 11.2. The van der Waals surface area contributed by atoms with Gasteiger partial charge in [0, 0.05) is 16.7 Å².